The molecule has 0 aromatic heterocycles. The zero-order valence-corrected chi connectivity index (χ0v) is 19.4. The van der Waals surface area contributed by atoms with Gasteiger partial charge < -0.3 is 9.84 Å². The number of esters is 1. The molecule has 174 valence electrons. The normalized spacial score (nSPS) is 12.2. The molecule has 0 heterocycles. The maximum absolute atomic E-state index is 11.6. The number of unbranched alkanes of at least 4 members (excludes halogenated alkanes) is 13. The minimum atomic E-state index is -0.908. The average Bonchev–Trinajstić information content (AvgIpc) is 2.73. The van der Waals surface area contributed by atoms with Crippen molar-refractivity contribution in [1.29, 1.82) is 0 Å². The van der Waals surface area contributed by atoms with E-state index in [1.165, 1.54) is 83.1 Å². The van der Waals surface area contributed by atoms with Crippen molar-refractivity contribution in [2.45, 2.75) is 116 Å². The van der Waals surface area contributed by atoms with Gasteiger partial charge in [0.15, 0.2) is 0 Å². The first-order valence-corrected chi connectivity index (χ1v) is 12.3. The molecule has 4 nitrogen and oxygen atoms in total. The summed E-state index contributed by atoms with van der Waals surface area (Å²) in [5.41, 5.74) is 0. The van der Waals surface area contributed by atoms with Crippen LogP contribution in [0, 0.1) is 5.92 Å². The van der Waals surface area contributed by atoms with Crippen LogP contribution in [0.25, 0.3) is 0 Å². The van der Waals surface area contributed by atoms with Crippen molar-refractivity contribution in [3.63, 3.8) is 0 Å². The lowest BCUT2D eigenvalue weighted by molar-refractivity contribution is -0.151. The lowest BCUT2D eigenvalue weighted by Crippen LogP contribution is -2.19. The quantitative estimate of drug-likeness (QED) is 0.111. The molecule has 0 rings (SSSR count). The van der Waals surface area contributed by atoms with Gasteiger partial charge in [-0.15, -0.1) is 0 Å². The Hall–Kier alpha value is -1.58. The van der Waals surface area contributed by atoms with Crippen LogP contribution in [-0.4, -0.2) is 23.7 Å². The number of carboxylic acids is 1. The van der Waals surface area contributed by atoms with E-state index in [0.29, 0.717) is 6.42 Å². The summed E-state index contributed by atoms with van der Waals surface area (Å²) in [5, 5.41) is 9.25. The van der Waals surface area contributed by atoms with Crippen LogP contribution in [0.2, 0.25) is 0 Å². The van der Waals surface area contributed by atoms with E-state index < -0.39 is 17.9 Å². The predicted molar refractivity (Wildman–Crippen MR) is 126 cm³/mol. The van der Waals surface area contributed by atoms with Crippen molar-refractivity contribution >= 4 is 11.9 Å². The smallest absolute Gasteiger partial charge is 0.307 e. The van der Waals surface area contributed by atoms with Crippen LogP contribution in [0.5, 0.6) is 0 Å². The van der Waals surface area contributed by atoms with Gasteiger partial charge in [0.2, 0.25) is 0 Å². The monoisotopic (exact) mass is 422 g/mol. The highest BCUT2D eigenvalue weighted by Gasteiger charge is 2.21. The van der Waals surface area contributed by atoms with Gasteiger partial charge in [0.05, 0.1) is 12.3 Å². The summed E-state index contributed by atoms with van der Waals surface area (Å²) in [5.74, 6) is -2.00. The number of rotatable bonds is 22. The lowest BCUT2D eigenvalue weighted by atomic mass is 9.97. The zero-order valence-electron chi connectivity index (χ0n) is 19.4. The molecule has 0 aliphatic rings. The Morgan fingerprint density at radius 2 is 1.33 bits per heavy atom. The minimum Gasteiger partial charge on any atom is -0.481 e. The third-order valence-corrected chi connectivity index (χ3v) is 5.44. The largest absolute Gasteiger partial charge is 0.481 e. The number of carbonyl (C=O) groups excluding carboxylic acids is 1. The number of carbonyl (C=O) groups is 2. The van der Waals surface area contributed by atoms with Crippen LogP contribution in [0.1, 0.15) is 116 Å². The maximum Gasteiger partial charge on any atom is 0.307 e. The van der Waals surface area contributed by atoms with E-state index in [2.05, 4.69) is 25.7 Å². The van der Waals surface area contributed by atoms with Crippen molar-refractivity contribution < 1.29 is 19.4 Å². The molecule has 0 aromatic rings. The second kappa shape index (κ2) is 22.1. The summed E-state index contributed by atoms with van der Waals surface area (Å²) in [6, 6.07) is 0. The Morgan fingerprint density at radius 1 is 0.833 bits per heavy atom. The fraction of sp³-hybridized carbons (Fsp3) is 0.769. The molecule has 1 atom stereocenters. The molecular formula is C26H46O4. The van der Waals surface area contributed by atoms with Gasteiger partial charge in [-0.3, -0.25) is 9.59 Å². The van der Waals surface area contributed by atoms with Crippen molar-refractivity contribution in [3.8, 4) is 0 Å². The molecule has 1 unspecified atom stereocenters. The molecule has 0 aliphatic carbocycles. The highest BCUT2D eigenvalue weighted by molar-refractivity contribution is 5.78. The maximum atomic E-state index is 11.6. The van der Waals surface area contributed by atoms with Crippen LogP contribution in [0.15, 0.2) is 24.8 Å². The van der Waals surface area contributed by atoms with E-state index in [4.69, 9.17) is 4.74 Å². The number of ether oxygens (including phenoxy) is 1. The van der Waals surface area contributed by atoms with E-state index in [1.807, 2.05) is 0 Å². The first kappa shape index (κ1) is 28.4. The van der Waals surface area contributed by atoms with Gasteiger partial charge in [-0.05, 0) is 32.1 Å². The second-order valence-corrected chi connectivity index (χ2v) is 8.29. The van der Waals surface area contributed by atoms with Crippen LogP contribution in [0.3, 0.4) is 0 Å². The molecule has 0 bridgehead atoms. The van der Waals surface area contributed by atoms with Gasteiger partial charge in [0, 0.05) is 0 Å². The topological polar surface area (TPSA) is 63.6 Å². The summed E-state index contributed by atoms with van der Waals surface area (Å²) >= 11 is 0. The Bertz CT molecular complexity index is 456. The second-order valence-electron chi connectivity index (χ2n) is 8.29. The van der Waals surface area contributed by atoms with Gasteiger partial charge in [0.1, 0.15) is 6.61 Å². The molecule has 0 amide bonds. The summed E-state index contributed by atoms with van der Waals surface area (Å²) in [6.07, 6.45) is 25.3. The van der Waals surface area contributed by atoms with E-state index in [0.717, 1.165) is 19.3 Å². The Kier molecular flexibility index (Phi) is 20.9. The Labute approximate surface area is 185 Å². The van der Waals surface area contributed by atoms with Crippen molar-refractivity contribution in [2.24, 2.45) is 5.92 Å². The van der Waals surface area contributed by atoms with Crippen LogP contribution >= 0.6 is 0 Å². The number of hydrogen-bond donors (Lipinski definition) is 1. The molecule has 1 N–H and O–H groups in total. The van der Waals surface area contributed by atoms with Crippen molar-refractivity contribution in [2.75, 3.05) is 6.61 Å². The van der Waals surface area contributed by atoms with Gasteiger partial charge >= 0.3 is 11.9 Å². The Balaban J connectivity index is 3.50. The SMILES string of the molecule is C=CCOC(=O)CC(CCCCCCCC/C=C/CCCCCCCCC)C(=O)O. The first-order chi connectivity index (χ1) is 14.6. The van der Waals surface area contributed by atoms with E-state index in [1.54, 1.807) is 0 Å². The van der Waals surface area contributed by atoms with E-state index in [-0.39, 0.29) is 13.0 Å². The van der Waals surface area contributed by atoms with Crippen LogP contribution < -0.4 is 0 Å². The summed E-state index contributed by atoms with van der Waals surface area (Å²) in [7, 11) is 0. The van der Waals surface area contributed by atoms with Gasteiger partial charge in [-0.25, -0.2) is 0 Å². The Morgan fingerprint density at radius 3 is 1.83 bits per heavy atom. The molecule has 0 saturated carbocycles. The minimum absolute atomic E-state index is 0.0473. The number of allylic oxidation sites excluding steroid dienone is 2. The van der Waals surface area contributed by atoms with Gasteiger partial charge in [-0.2, -0.15) is 0 Å². The van der Waals surface area contributed by atoms with Crippen molar-refractivity contribution in [3.05, 3.63) is 24.8 Å². The molecule has 0 spiro atoms. The predicted octanol–water partition coefficient (Wildman–Crippen LogP) is 7.62. The van der Waals surface area contributed by atoms with Crippen LogP contribution in [0.4, 0.5) is 0 Å². The number of carboxylic acid groups (broad SMARTS) is 1. The van der Waals surface area contributed by atoms with Crippen molar-refractivity contribution in [1.82, 2.24) is 0 Å². The highest BCUT2D eigenvalue weighted by atomic mass is 16.5. The first-order valence-electron chi connectivity index (χ1n) is 12.3. The number of hydrogen-bond acceptors (Lipinski definition) is 3. The fourth-order valence-electron chi connectivity index (χ4n) is 3.54. The fourth-order valence-corrected chi connectivity index (χ4v) is 3.54. The third kappa shape index (κ3) is 19.7. The molecule has 0 saturated heterocycles. The van der Waals surface area contributed by atoms with Crippen LogP contribution in [-0.2, 0) is 14.3 Å². The molecule has 0 aromatic carbocycles. The van der Waals surface area contributed by atoms with E-state index in [9.17, 15) is 14.7 Å². The molecule has 0 fully saturated rings. The van der Waals surface area contributed by atoms with Gasteiger partial charge in [-0.1, -0.05) is 102 Å². The molecular weight excluding hydrogens is 376 g/mol. The molecule has 0 aliphatic heterocycles. The third-order valence-electron chi connectivity index (χ3n) is 5.44. The number of aliphatic carboxylic acids is 1. The summed E-state index contributed by atoms with van der Waals surface area (Å²) in [6.45, 7) is 5.88. The van der Waals surface area contributed by atoms with E-state index >= 15 is 0 Å². The highest BCUT2D eigenvalue weighted by Crippen LogP contribution is 2.17. The molecule has 30 heavy (non-hydrogen) atoms. The lowest BCUT2D eigenvalue weighted by Gasteiger charge is -2.11. The molecule has 4 heteroatoms. The standard InChI is InChI=1S/C26H46O4/c1-3-5-6-7-8-9-10-11-12-13-14-15-16-17-18-19-20-21-24(26(28)29)23-25(27)30-22-4-2/h4,12-13,24H,2-3,5-11,14-23H2,1H3,(H,28,29)/b13-12+. The molecule has 0 radical (unpaired) electrons. The average molecular weight is 423 g/mol. The summed E-state index contributed by atoms with van der Waals surface area (Å²) < 4.78 is 4.88. The summed E-state index contributed by atoms with van der Waals surface area (Å²) in [4.78, 5) is 22.8. The zero-order chi connectivity index (χ0) is 22.3. The van der Waals surface area contributed by atoms with Gasteiger partial charge in [0.25, 0.3) is 0 Å².